The summed E-state index contributed by atoms with van der Waals surface area (Å²) in [4.78, 5) is 10.9. The van der Waals surface area contributed by atoms with Crippen molar-refractivity contribution in [1.29, 1.82) is 0 Å². The van der Waals surface area contributed by atoms with Crippen molar-refractivity contribution in [3.05, 3.63) is 28.8 Å². The van der Waals surface area contributed by atoms with E-state index in [1.807, 2.05) is 0 Å². The number of para-hydroxylation sites is 1. The highest BCUT2D eigenvalue weighted by Gasteiger charge is 2.39. The average Bonchev–Trinajstić information content (AvgIpc) is 2.19. The lowest BCUT2D eigenvalue weighted by atomic mass is 10.2. The minimum atomic E-state index is -5.08. The van der Waals surface area contributed by atoms with Gasteiger partial charge in [0.15, 0.2) is 9.84 Å². The van der Waals surface area contributed by atoms with Gasteiger partial charge in [0.1, 0.15) is 0 Å². The lowest BCUT2D eigenvalue weighted by Crippen LogP contribution is -2.30. The van der Waals surface area contributed by atoms with E-state index in [1.54, 1.807) is 5.32 Å². The van der Waals surface area contributed by atoms with Crippen LogP contribution in [0.15, 0.2) is 18.2 Å². The molecule has 1 amide bonds. The van der Waals surface area contributed by atoms with Crippen LogP contribution in [-0.2, 0) is 20.4 Å². The van der Waals surface area contributed by atoms with Crippen LogP contribution >= 0.6 is 11.6 Å². The van der Waals surface area contributed by atoms with Gasteiger partial charge in [-0.3, -0.25) is 4.79 Å². The third-order valence-corrected chi connectivity index (χ3v) is 3.16. The van der Waals surface area contributed by atoms with Crippen LogP contribution in [0.2, 0.25) is 5.02 Å². The Kier molecular flexibility index (Phi) is 4.46. The number of nitrogens with one attached hydrogen (secondary N) is 1. The van der Waals surface area contributed by atoms with E-state index in [1.165, 1.54) is 18.2 Å². The van der Waals surface area contributed by atoms with Crippen LogP contribution in [0.1, 0.15) is 5.56 Å². The molecule has 0 fully saturated rings. The second-order valence-electron chi connectivity index (χ2n) is 3.80. The fourth-order valence-corrected chi connectivity index (χ4v) is 2.34. The highest BCUT2D eigenvalue weighted by atomic mass is 35.5. The van der Waals surface area contributed by atoms with Crippen molar-refractivity contribution >= 4 is 33.0 Å². The molecule has 0 saturated heterocycles. The molecule has 0 aromatic heterocycles. The molecule has 0 atom stereocenters. The second-order valence-corrected chi connectivity index (χ2v) is 6.34. The minimum Gasteiger partial charge on any atom is -0.317 e. The minimum absolute atomic E-state index is 0.00685. The number of rotatable bonds is 3. The first kappa shape index (κ1) is 15.8. The van der Waals surface area contributed by atoms with Crippen molar-refractivity contribution in [2.75, 3.05) is 11.6 Å². The number of hydrogen-bond acceptors (Lipinski definition) is 3. The van der Waals surface area contributed by atoms with Gasteiger partial charge in [-0.25, -0.2) is 8.42 Å². The summed E-state index contributed by atoms with van der Waals surface area (Å²) in [5, 5.41) is 1.41. The molecule has 0 aliphatic carbocycles. The van der Waals surface area contributed by atoms with Crippen molar-refractivity contribution < 1.29 is 26.4 Å². The fraction of sp³-hybridized carbons (Fsp3) is 0.300. The lowest BCUT2D eigenvalue weighted by molar-refractivity contribution is -0.167. The summed E-state index contributed by atoms with van der Waals surface area (Å²) < 4.78 is 58.8. The quantitative estimate of drug-likeness (QED) is 0.931. The summed E-state index contributed by atoms with van der Waals surface area (Å²) in [7, 11) is -3.48. The van der Waals surface area contributed by atoms with Gasteiger partial charge in [0.05, 0.1) is 16.5 Å². The van der Waals surface area contributed by atoms with Crippen molar-refractivity contribution in [2.45, 2.75) is 11.9 Å². The van der Waals surface area contributed by atoms with Crippen LogP contribution in [0.4, 0.5) is 18.9 Å². The van der Waals surface area contributed by atoms with E-state index in [2.05, 4.69) is 0 Å². The number of amides is 1. The smallest absolute Gasteiger partial charge is 0.317 e. The molecular weight excluding hydrogens is 307 g/mol. The Hall–Kier alpha value is -1.28. The molecular formula is C10H9ClF3NO3S. The van der Waals surface area contributed by atoms with Crippen LogP contribution in [0.25, 0.3) is 0 Å². The molecule has 0 unspecified atom stereocenters. The molecule has 0 saturated carbocycles. The first-order chi connectivity index (χ1) is 8.50. The van der Waals surface area contributed by atoms with Crippen LogP contribution in [-0.4, -0.2) is 26.8 Å². The largest absolute Gasteiger partial charge is 0.471 e. The zero-order chi connectivity index (χ0) is 14.8. The Labute approximate surface area is 112 Å². The Morgan fingerprint density at radius 3 is 2.42 bits per heavy atom. The topological polar surface area (TPSA) is 63.2 Å². The van der Waals surface area contributed by atoms with Crippen molar-refractivity contribution in [3.8, 4) is 0 Å². The van der Waals surface area contributed by atoms with Crippen LogP contribution < -0.4 is 5.32 Å². The molecule has 4 nitrogen and oxygen atoms in total. The predicted octanol–water partition coefficient (Wildman–Crippen LogP) is 2.39. The number of benzene rings is 1. The van der Waals surface area contributed by atoms with E-state index in [4.69, 9.17) is 11.6 Å². The fourth-order valence-electron chi connectivity index (χ4n) is 1.30. The number of sulfone groups is 1. The molecule has 0 spiro atoms. The van der Waals surface area contributed by atoms with E-state index < -0.39 is 27.7 Å². The van der Waals surface area contributed by atoms with E-state index in [0.29, 0.717) is 0 Å². The molecule has 0 radical (unpaired) electrons. The summed E-state index contributed by atoms with van der Waals surface area (Å²) in [6.07, 6.45) is -4.16. The number of alkyl halides is 3. The molecule has 106 valence electrons. The summed E-state index contributed by atoms with van der Waals surface area (Å²) in [5.74, 6) is -2.74. The maximum atomic E-state index is 12.2. The second kappa shape index (κ2) is 5.38. The molecule has 19 heavy (non-hydrogen) atoms. The van der Waals surface area contributed by atoms with Crippen molar-refractivity contribution in [3.63, 3.8) is 0 Å². The monoisotopic (exact) mass is 315 g/mol. The number of hydrogen-bond donors (Lipinski definition) is 1. The highest BCUT2D eigenvalue weighted by Crippen LogP contribution is 2.29. The third-order valence-electron chi connectivity index (χ3n) is 2.01. The summed E-state index contributed by atoms with van der Waals surface area (Å²) in [5.41, 5.74) is -0.357. The van der Waals surface area contributed by atoms with Crippen molar-refractivity contribution in [1.82, 2.24) is 0 Å². The first-order valence-electron chi connectivity index (χ1n) is 4.84. The SMILES string of the molecule is CS(=O)(=O)Cc1cccc(Cl)c1NC(=O)C(F)(F)F. The third kappa shape index (κ3) is 4.71. The van der Waals surface area contributed by atoms with Gasteiger partial charge in [0.2, 0.25) is 0 Å². The van der Waals surface area contributed by atoms with Gasteiger partial charge < -0.3 is 5.32 Å². The molecule has 1 aromatic rings. The number of anilines is 1. The zero-order valence-electron chi connectivity index (χ0n) is 9.58. The molecule has 1 aromatic carbocycles. The lowest BCUT2D eigenvalue weighted by Gasteiger charge is -2.13. The van der Waals surface area contributed by atoms with E-state index in [-0.39, 0.29) is 16.3 Å². The van der Waals surface area contributed by atoms with Crippen LogP contribution in [0.5, 0.6) is 0 Å². The first-order valence-corrected chi connectivity index (χ1v) is 7.28. The summed E-state index contributed by atoms with van der Waals surface area (Å²) in [6, 6.07) is 3.91. The predicted molar refractivity (Wildman–Crippen MR) is 64.7 cm³/mol. The molecule has 9 heteroatoms. The zero-order valence-corrected chi connectivity index (χ0v) is 11.2. The van der Waals surface area contributed by atoms with Crippen LogP contribution in [0, 0.1) is 0 Å². The average molecular weight is 316 g/mol. The Balaban J connectivity index is 3.16. The molecule has 1 rings (SSSR count). The van der Waals surface area contributed by atoms with E-state index in [0.717, 1.165) is 6.26 Å². The molecule has 0 aliphatic heterocycles. The van der Waals surface area contributed by atoms with Gasteiger partial charge in [0.25, 0.3) is 0 Å². The highest BCUT2D eigenvalue weighted by molar-refractivity contribution is 7.89. The van der Waals surface area contributed by atoms with Gasteiger partial charge in [0, 0.05) is 6.26 Å². The van der Waals surface area contributed by atoms with E-state index in [9.17, 15) is 26.4 Å². The molecule has 1 N–H and O–H groups in total. The van der Waals surface area contributed by atoms with Crippen LogP contribution in [0.3, 0.4) is 0 Å². The van der Waals surface area contributed by atoms with Gasteiger partial charge in [-0.05, 0) is 11.6 Å². The number of carbonyl (C=O) groups is 1. The van der Waals surface area contributed by atoms with Gasteiger partial charge in [-0.2, -0.15) is 13.2 Å². The van der Waals surface area contributed by atoms with Gasteiger partial charge in [-0.1, -0.05) is 23.7 Å². The summed E-state index contributed by atoms with van der Waals surface area (Å²) in [6.45, 7) is 0. The molecule has 0 bridgehead atoms. The molecule has 0 aliphatic rings. The maximum absolute atomic E-state index is 12.2. The van der Waals surface area contributed by atoms with Gasteiger partial charge in [-0.15, -0.1) is 0 Å². The Bertz CT molecular complexity index is 599. The summed E-state index contributed by atoms with van der Waals surface area (Å²) >= 11 is 5.68. The number of carbonyl (C=O) groups excluding carboxylic acids is 1. The van der Waals surface area contributed by atoms with Gasteiger partial charge >= 0.3 is 12.1 Å². The van der Waals surface area contributed by atoms with E-state index >= 15 is 0 Å². The number of halogens is 4. The standard InChI is InChI=1S/C10H9ClF3NO3S/c1-19(17,18)5-6-3-2-4-7(11)8(6)15-9(16)10(12,13)14/h2-4H,5H2,1H3,(H,15,16). The molecule has 0 heterocycles. The normalized spacial score (nSPS) is 12.3. The Morgan fingerprint density at radius 2 is 1.95 bits per heavy atom. The Morgan fingerprint density at radius 1 is 1.37 bits per heavy atom. The maximum Gasteiger partial charge on any atom is 0.471 e. The van der Waals surface area contributed by atoms with Crippen molar-refractivity contribution in [2.24, 2.45) is 0 Å².